The van der Waals surface area contributed by atoms with Crippen LogP contribution in [0.1, 0.15) is 11.7 Å². The van der Waals surface area contributed by atoms with E-state index in [9.17, 15) is 0 Å². The molecule has 2 atom stereocenters. The number of benzene rings is 6. The summed E-state index contributed by atoms with van der Waals surface area (Å²) < 4.78 is 4.79. The van der Waals surface area contributed by atoms with Crippen LogP contribution >= 0.6 is 0 Å². The largest absolute Gasteiger partial charge is 0.387 e. The average molecular weight is 728 g/mol. The summed E-state index contributed by atoms with van der Waals surface area (Å²) in [5, 5.41) is 23.1. The number of nitrogens with one attached hydrogen (secondary N) is 5. The van der Waals surface area contributed by atoms with Crippen LogP contribution in [0.25, 0.3) is 66.1 Å². The Hall–Kier alpha value is -6.64. The van der Waals surface area contributed by atoms with Crippen molar-refractivity contribution in [3.8, 4) is 22.5 Å². The fraction of sp³-hybridized carbons (Fsp3) is 0.102. The van der Waals surface area contributed by atoms with Gasteiger partial charge >= 0.3 is 0 Å². The van der Waals surface area contributed by atoms with Crippen molar-refractivity contribution in [3.05, 3.63) is 193 Å². The molecular formula is C49H41N7. The number of hydrogen-bond acceptors (Lipinski definition) is 5. The van der Waals surface area contributed by atoms with Gasteiger partial charge in [0.15, 0.2) is 0 Å². The quantitative estimate of drug-likeness (QED) is 0.118. The summed E-state index contributed by atoms with van der Waals surface area (Å²) in [5.74, 6) is 0. The monoisotopic (exact) mass is 727 g/mol. The molecule has 7 nitrogen and oxygen atoms in total. The van der Waals surface area contributed by atoms with Gasteiger partial charge in [-0.2, -0.15) is 0 Å². The molecule has 2 unspecified atom stereocenters. The highest BCUT2D eigenvalue weighted by Gasteiger charge is 2.31. The molecule has 0 spiro atoms. The Labute approximate surface area is 325 Å². The molecule has 11 rings (SSSR count). The summed E-state index contributed by atoms with van der Waals surface area (Å²) in [6, 6.07) is 51.0. The van der Waals surface area contributed by atoms with E-state index >= 15 is 0 Å². The third-order valence-corrected chi connectivity index (χ3v) is 11.5. The minimum Gasteiger partial charge on any atom is -0.387 e. The Morgan fingerprint density at radius 3 is 1.48 bits per heavy atom. The normalized spacial score (nSPS) is 19.6. The van der Waals surface area contributed by atoms with Crippen LogP contribution in [-0.2, 0) is 0 Å². The highest BCUT2D eigenvalue weighted by molar-refractivity contribution is 6.12. The summed E-state index contributed by atoms with van der Waals surface area (Å²) in [5.41, 5.74) is 13.2. The number of rotatable bonds is 6. The zero-order valence-electron chi connectivity index (χ0n) is 30.8. The van der Waals surface area contributed by atoms with Crippen LogP contribution in [0, 0.1) is 0 Å². The van der Waals surface area contributed by atoms with Crippen LogP contribution in [0.4, 0.5) is 0 Å². The Balaban J connectivity index is 0.994. The molecule has 0 radical (unpaired) electrons. The zero-order valence-corrected chi connectivity index (χ0v) is 30.8. The van der Waals surface area contributed by atoms with Crippen molar-refractivity contribution < 1.29 is 0 Å². The lowest BCUT2D eigenvalue weighted by Gasteiger charge is -2.41. The van der Waals surface area contributed by atoms with E-state index in [1.807, 2.05) is 12.4 Å². The van der Waals surface area contributed by atoms with Gasteiger partial charge in [-0.3, -0.25) is 16.0 Å². The van der Waals surface area contributed by atoms with E-state index in [2.05, 4.69) is 200 Å². The molecule has 1 fully saturated rings. The van der Waals surface area contributed by atoms with Crippen LogP contribution in [-0.4, -0.2) is 34.6 Å². The second-order valence-corrected chi connectivity index (χ2v) is 14.8. The van der Waals surface area contributed by atoms with E-state index < -0.39 is 0 Å². The van der Waals surface area contributed by atoms with Gasteiger partial charge in [0.2, 0.25) is 0 Å². The predicted molar refractivity (Wildman–Crippen MR) is 231 cm³/mol. The maximum absolute atomic E-state index is 3.87. The number of aromatic nitrogens is 2. The highest BCUT2D eigenvalue weighted by Crippen LogP contribution is 2.38. The van der Waals surface area contributed by atoms with Gasteiger partial charge in [-0.15, -0.1) is 0 Å². The van der Waals surface area contributed by atoms with Gasteiger partial charge in [-0.25, -0.2) is 0 Å². The SMILES string of the molecule is C1=CC(C2NC(C3=CCNC=C3)NC(c3cccc(-n4c5ccccc5c5cc(-c6ccc7c(c6)c6ccccc6n7-c6ccccc6)ccc54)c3)N2)=CCN1. The first-order chi connectivity index (χ1) is 27.8. The number of hydrogen-bond donors (Lipinski definition) is 5. The van der Waals surface area contributed by atoms with Gasteiger partial charge in [0.1, 0.15) is 0 Å². The van der Waals surface area contributed by atoms with Crippen molar-refractivity contribution in [2.24, 2.45) is 0 Å². The molecule has 0 saturated carbocycles. The molecule has 0 aliphatic carbocycles. The standard InChI is InChI=1S/C49H41N7/c1-2-10-37(11-3-1)55-43-15-6-4-13-39(43)41-30-34(17-19-45(41)55)35-18-20-46-42(31-35)40-14-5-7-16-44(40)56(46)38-12-8-9-36(29-38)49-53-47(32-21-25-50-26-22-32)52-48(54-49)33-23-27-51-28-24-33/h1-25,27,29-31,47-54H,26,28H2. The van der Waals surface area contributed by atoms with Crippen molar-refractivity contribution in [2.45, 2.75) is 18.5 Å². The summed E-state index contributed by atoms with van der Waals surface area (Å²) in [6.45, 7) is 1.64. The lowest BCUT2D eigenvalue weighted by Crippen LogP contribution is -2.64. The second-order valence-electron chi connectivity index (χ2n) is 14.8. The van der Waals surface area contributed by atoms with Crippen LogP contribution in [0.5, 0.6) is 0 Å². The lowest BCUT2D eigenvalue weighted by atomic mass is 10.0. The maximum atomic E-state index is 3.87. The van der Waals surface area contributed by atoms with E-state index in [0.29, 0.717) is 0 Å². The molecule has 2 aromatic heterocycles. The molecule has 7 heteroatoms. The van der Waals surface area contributed by atoms with E-state index in [1.165, 1.54) is 77.1 Å². The molecule has 272 valence electrons. The van der Waals surface area contributed by atoms with E-state index in [4.69, 9.17) is 0 Å². The highest BCUT2D eigenvalue weighted by atomic mass is 15.4. The van der Waals surface area contributed by atoms with Gasteiger partial charge in [-0.05, 0) is 113 Å². The number of nitrogens with zero attached hydrogens (tertiary/aromatic N) is 2. The van der Waals surface area contributed by atoms with Gasteiger partial charge < -0.3 is 19.8 Å². The molecule has 6 aromatic carbocycles. The Morgan fingerprint density at radius 2 is 0.911 bits per heavy atom. The first kappa shape index (κ1) is 32.8. The van der Waals surface area contributed by atoms with E-state index in [1.54, 1.807) is 0 Å². The molecule has 3 aliphatic rings. The summed E-state index contributed by atoms with van der Waals surface area (Å²) in [7, 11) is 0. The third kappa shape index (κ3) is 5.56. The van der Waals surface area contributed by atoms with Crippen LogP contribution in [0.15, 0.2) is 187 Å². The summed E-state index contributed by atoms with van der Waals surface area (Å²) >= 11 is 0. The summed E-state index contributed by atoms with van der Waals surface area (Å²) in [4.78, 5) is 0. The van der Waals surface area contributed by atoms with E-state index in [0.717, 1.165) is 18.8 Å². The summed E-state index contributed by atoms with van der Waals surface area (Å²) in [6.07, 6.45) is 12.8. The zero-order chi connectivity index (χ0) is 37.0. The number of fused-ring (bicyclic) bond motifs is 6. The number of para-hydroxylation sites is 3. The maximum Gasteiger partial charge on any atom is 0.0865 e. The minimum atomic E-state index is -0.0815. The third-order valence-electron chi connectivity index (χ3n) is 11.5. The molecule has 8 aromatic rings. The van der Waals surface area contributed by atoms with Crippen molar-refractivity contribution in [1.29, 1.82) is 0 Å². The fourth-order valence-corrected chi connectivity index (χ4v) is 8.87. The van der Waals surface area contributed by atoms with Crippen molar-refractivity contribution in [2.75, 3.05) is 13.1 Å². The van der Waals surface area contributed by atoms with Gasteiger partial charge in [-0.1, -0.05) is 91.0 Å². The predicted octanol–water partition coefficient (Wildman–Crippen LogP) is 9.07. The van der Waals surface area contributed by atoms with Crippen LogP contribution in [0.3, 0.4) is 0 Å². The fourth-order valence-electron chi connectivity index (χ4n) is 8.87. The number of dihydropyridines is 2. The van der Waals surface area contributed by atoms with Crippen LogP contribution < -0.4 is 26.6 Å². The molecule has 1 saturated heterocycles. The van der Waals surface area contributed by atoms with Crippen molar-refractivity contribution in [1.82, 2.24) is 35.7 Å². The molecule has 0 amide bonds. The molecule has 0 bridgehead atoms. The first-order valence-corrected chi connectivity index (χ1v) is 19.5. The molecular weight excluding hydrogens is 687 g/mol. The average Bonchev–Trinajstić information content (AvgIpc) is 3.79. The second kappa shape index (κ2) is 13.6. The van der Waals surface area contributed by atoms with E-state index in [-0.39, 0.29) is 18.5 Å². The van der Waals surface area contributed by atoms with Gasteiger partial charge in [0.25, 0.3) is 0 Å². The Kier molecular flexibility index (Phi) is 7.95. The van der Waals surface area contributed by atoms with Gasteiger partial charge in [0.05, 0.1) is 40.6 Å². The molecule has 5 N–H and O–H groups in total. The molecule has 3 aliphatic heterocycles. The van der Waals surface area contributed by atoms with Gasteiger partial charge in [0, 0.05) is 46.0 Å². The smallest absolute Gasteiger partial charge is 0.0865 e. The lowest BCUT2D eigenvalue weighted by molar-refractivity contribution is 0.245. The molecule has 56 heavy (non-hydrogen) atoms. The van der Waals surface area contributed by atoms with Crippen LogP contribution in [0.2, 0.25) is 0 Å². The van der Waals surface area contributed by atoms with Crippen molar-refractivity contribution in [3.63, 3.8) is 0 Å². The topological polar surface area (TPSA) is 70.0 Å². The molecule has 5 heterocycles. The van der Waals surface area contributed by atoms with Crippen molar-refractivity contribution >= 4 is 43.6 Å². The Bertz CT molecular complexity index is 2890. The Morgan fingerprint density at radius 1 is 0.411 bits per heavy atom. The first-order valence-electron chi connectivity index (χ1n) is 19.5. The minimum absolute atomic E-state index is 0.0155.